The summed E-state index contributed by atoms with van der Waals surface area (Å²) in [6, 6.07) is 6.81. The minimum atomic E-state index is -0.412. The van der Waals surface area contributed by atoms with Gasteiger partial charge in [0.2, 0.25) is 0 Å². The number of rotatable bonds is 3. The maximum Gasteiger partial charge on any atom is 0.273 e. The first-order valence-electron chi connectivity index (χ1n) is 7.79. The molecule has 2 heterocycles. The number of aliphatic hydroxyl groups excluding tert-OH is 1. The van der Waals surface area contributed by atoms with Gasteiger partial charge in [0, 0.05) is 41.6 Å². The Morgan fingerprint density at radius 3 is 2.80 bits per heavy atom. The monoisotopic (exact) mass is 330 g/mol. The van der Waals surface area contributed by atoms with Crippen LogP contribution in [-0.2, 0) is 0 Å². The van der Waals surface area contributed by atoms with E-state index >= 15 is 0 Å². The lowest BCUT2D eigenvalue weighted by Crippen LogP contribution is -2.16. The van der Waals surface area contributed by atoms with Gasteiger partial charge in [-0.2, -0.15) is 0 Å². The predicted octanol–water partition coefficient (Wildman–Crippen LogP) is 2.98. The molecular formula is C19H14N4O2. The molecule has 0 spiro atoms. The van der Waals surface area contributed by atoms with E-state index in [-0.39, 0.29) is 23.8 Å². The van der Waals surface area contributed by atoms with Gasteiger partial charge in [-0.25, -0.2) is 10.1 Å². The Hall–Kier alpha value is -3.35. The molecule has 6 nitrogen and oxygen atoms in total. The Labute approximate surface area is 144 Å². The minimum absolute atomic E-state index is 0.0474. The fraction of sp³-hybridized carbons (Fsp3) is 0.211. The van der Waals surface area contributed by atoms with Gasteiger partial charge in [0.25, 0.3) is 5.70 Å². The highest BCUT2D eigenvalue weighted by Crippen LogP contribution is 2.39. The van der Waals surface area contributed by atoms with Crippen LogP contribution >= 0.6 is 0 Å². The van der Waals surface area contributed by atoms with Crippen LogP contribution in [0.1, 0.15) is 40.7 Å². The van der Waals surface area contributed by atoms with Crippen LogP contribution in [0.15, 0.2) is 36.3 Å². The first-order valence-corrected chi connectivity index (χ1v) is 7.79. The highest BCUT2D eigenvalue weighted by atomic mass is 16.3. The van der Waals surface area contributed by atoms with Crippen LogP contribution in [0.2, 0.25) is 0 Å². The number of fused-ring (bicyclic) bond motifs is 3. The Morgan fingerprint density at radius 1 is 1.40 bits per heavy atom. The summed E-state index contributed by atoms with van der Waals surface area (Å²) >= 11 is 0. The first-order chi connectivity index (χ1) is 12.2. The Morgan fingerprint density at radius 2 is 2.16 bits per heavy atom. The minimum Gasteiger partial charge on any atom is -0.396 e. The van der Waals surface area contributed by atoms with Gasteiger partial charge in [-0.1, -0.05) is 13.0 Å². The number of ketones is 1. The van der Waals surface area contributed by atoms with Gasteiger partial charge >= 0.3 is 0 Å². The standard InChI is InChI=1S/C19H14N4O2/c1-3-11(10-24)12-7-14-18(23-9-12)17-13(5-4-6-22-17)16(19(14)25)15(8-20)21-2/h4-7,9,11,24H,3,10H2,1H3/b16-15-. The Kier molecular flexibility index (Phi) is 4.38. The van der Waals surface area contributed by atoms with E-state index < -0.39 is 5.78 Å². The average Bonchev–Trinajstić information content (AvgIpc) is 2.66. The van der Waals surface area contributed by atoms with E-state index in [4.69, 9.17) is 6.57 Å². The highest BCUT2D eigenvalue weighted by Gasteiger charge is 2.32. The molecule has 0 amide bonds. The molecule has 25 heavy (non-hydrogen) atoms. The van der Waals surface area contributed by atoms with Crippen molar-refractivity contribution in [2.24, 2.45) is 0 Å². The molecular weight excluding hydrogens is 316 g/mol. The van der Waals surface area contributed by atoms with Crippen LogP contribution < -0.4 is 0 Å². The molecule has 1 unspecified atom stereocenters. The fourth-order valence-corrected chi connectivity index (χ4v) is 2.96. The zero-order chi connectivity index (χ0) is 18.0. The number of pyridine rings is 2. The maximum atomic E-state index is 13.0. The number of carbonyl (C=O) groups excluding carboxylic acids is 1. The van der Waals surface area contributed by atoms with Crippen molar-refractivity contribution in [3.8, 4) is 17.5 Å². The summed E-state index contributed by atoms with van der Waals surface area (Å²) in [5, 5.41) is 18.8. The predicted molar refractivity (Wildman–Crippen MR) is 91.1 cm³/mol. The number of nitriles is 1. The van der Waals surface area contributed by atoms with Crippen LogP contribution in [0.4, 0.5) is 0 Å². The number of nitrogens with zero attached hydrogens (tertiary/aromatic N) is 4. The van der Waals surface area contributed by atoms with Crippen LogP contribution in [0.5, 0.6) is 0 Å². The van der Waals surface area contributed by atoms with Gasteiger partial charge in [-0.3, -0.25) is 14.8 Å². The molecule has 0 radical (unpaired) electrons. The number of allylic oxidation sites excluding steroid dienone is 2. The summed E-state index contributed by atoms with van der Waals surface area (Å²) in [7, 11) is 0. The quantitative estimate of drug-likeness (QED) is 0.531. The number of Topliss-reactive ketones (excluding diaryl/α,β-unsaturated/α-hetero) is 1. The molecule has 0 saturated carbocycles. The van der Waals surface area contributed by atoms with Crippen LogP contribution in [0.25, 0.3) is 21.8 Å². The van der Waals surface area contributed by atoms with E-state index in [1.54, 1.807) is 36.7 Å². The van der Waals surface area contributed by atoms with Crippen LogP contribution in [-0.4, -0.2) is 27.5 Å². The second-order valence-electron chi connectivity index (χ2n) is 5.63. The maximum absolute atomic E-state index is 13.0. The molecule has 0 bridgehead atoms. The summed E-state index contributed by atoms with van der Waals surface area (Å²) in [6.07, 6.45) is 3.93. The molecule has 1 N–H and O–H groups in total. The van der Waals surface area contributed by atoms with E-state index in [9.17, 15) is 15.2 Å². The number of hydrogen-bond donors (Lipinski definition) is 1. The molecule has 0 aliphatic heterocycles. The van der Waals surface area contributed by atoms with Crippen molar-refractivity contribution in [1.82, 2.24) is 9.97 Å². The van der Waals surface area contributed by atoms with Gasteiger partial charge in [0.05, 0.1) is 18.3 Å². The zero-order valence-electron chi connectivity index (χ0n) is 13.5. The average molecular weight is 330 g/mol. The van der Waals surface area contributed by atoms with Gasteiger partial charge in [0.15, 0.2) is 5.78 Å². The van der Waals surface area contributed by atoms with Gasteiger partial charge < -0.3 is 5.11 Å². The Bertz CT molecular complexity index is 960. The smallest absolute Gasteiger partial charge is 0.273 e. The van der Waals surface area contributed by atoms with Gasteiger partial charge in [0.1, 0.15) is 5.69 Å². The fourth-order valence-electron chi connectivity index (χ4n) is 2.96. The van der Waals surface area contributed by atoms with E-state index in [1.165, 1.54) is 0 Å². The summed E-state index contributed by atoms with van der Waals surface area (Å²) in [4.78, 5) is 24.9. The lowest BCUT2D eigenvalue weighted by molar-refractivity contribution is 0.105. The molecule has 0 fully saturated rings. The lowest BCUT2D eigenvalue weighted by Gasteiger charge is -2.21. The second kappa shape index (κ2) is 6.64. The van der Waals surface area contributed by atoms with Crippen molar-refractivity contribution in [1.29, 1.82) is 5.26 Å². The van der Waals surface area contributed by atoms with Crippen LogP contribution in [0.3, 0.4) is 0 Å². The van der Waals surface area contributed by atoms with Crippen molar-refractivity contribution < 1.29 is 9.90 Å². The normalized spacial score (nSPS) is 15.4. The van der Waals surface area contributed by atoms with Gasteiger partial charge in [-0.15, -0.1) is 0 Å². The first kappa shape index (κ1) is 16.5. The lowest BCUT2D eigenvalue weighted by atomic mass is 9.84. The molecule has 3 rings (SSSR count). The third kappa shape index (κ3) is 2.59. The number of hydrogen-bond acceptors (Lipinski definition) is 5. The summed E-state index contributed by atoms with van der Waals surface area (Å²) in [5.41, 5.74) is 2.21. The van der Waals surface area contributed by atoms with Crippen molar-refractivity contribution in [3.63, 3.8) is 0 Å². The Balaban J connectivity index is 2.32. The van der Waals surface area contributed by atoms with E-state index in [1.807, 2.05) is 6.92 Å². The van der Waals surface area contributed by atoms with Gasteiger partial charge in [-0.05, 0) is 24.1 Å². The third-order valence-corrected chi connectivity index (χ3v) is 4.32. The molecule has 1 aliphatic carbocycles. The SMILES string of the molecule is [C-]#[N+]/C(C#N)=C1\C(=O)c2cc(C(CC)CO)cnc2-c2ncccc21. The molecule has 2 aromatic rings. The van der Waals surface area contributed by atoms with Crippen LogP contribution in [0, 0.1) is 17.9 Å². The molecule has 1 aliphatic rings. The molecule has 6 heteroatoms. The largest absolute Gasteiger partial charge is 0.396 e. The summed E-state index contributed by atoms with van der Waals surface area (Å²) in [6.45, 7) is 9.10. The molecule has 2 aromatic heterocycles. The number of aliphatic hydroxyl groups is 1. The topological polar surface area (TPSA) is 91.2 Å². The van der Waals surface area contributed by atoms with Crippen molar-refractivity contribution in [2.75, 3.05) is 6.61 Å². The van der Waals surface area contributed by atoms with Crippen molar-refractivity contribution in [3.05, 3.63) is 64.4 Å². The zero-order valence-corrected chi connectivity index (χ0v) is 13.5. The van der Waals surface area contributed by atoms with E-state index in [0.29, 0.717) is 28.9 Å². The van der Waals surface area contributed by atoms with Crippen molar-refractivity contribution >= 4 is 11.4 Å². The van der Waals surface area contributed by atoms with E-state index in [0.717, 1.165) is 5.56 Å². The molecule has 1 atom stereocenters. The molecule has 0 saturated heterocycles. The molecule has 122 valence electrons. The number of aromatic nitrogens is 2. The highest BCUT2D eigenvalue weighted by molar-refractivity contribution is 6.35. The number of carbonyl (C=O) groups is 1. The summed E-state index contributed by atoms with van der Waals surface area (Å²) < 4.78 is 0. The molecule has 0 aromatic carbocycles. The van der Waals surface area contributed by atoms with Crippen molar-refractivity contribution in [2.45, 2.75) is 19.3 Å². The summed E-state index contributed by atoms with van der Waals surface area (Å²) in [5.74, 6) is -0.537. The third-order valence-electron chi connectivity index (χ3n) is 4.32. The van der Waals surface area contributed by atoms with E-state index in [2.05, 4.69) is 14.8 Å². The second-order valence-corrected chi connectivity index (χ2v) is 5.63.